The normalized spacial score (nSPS) is 43.0. The van der Waals surface area contributed by atoms with Gasteiger partial charge in [-0.15, -0.1) is 13.2 Å². The van der Waals surface area contributed by atoms with Crippen molar-refractivity contribution >= 4 is 0 Å². The van der Waals surface area contributed by atoms with Crippen LogP contribution in [0.3, 0.4) is 0 Å². The van der Waals surface area contributed by atoms with Gasteiger partial charge in [0.15, 0.2) is 0 Å². The van der Waals surface area contributed by atoms with Crippen LogP contribution in [0.15, 0.2) is 25.3 Å². The minimum Gasteiger partial charge on any atom is -0.103 e. The molecule has 0 saturated heterocycles. The molecule has 4 saturated carbocycles. The molecule has 94 valence electrons. The fourth-order valence-corrected chi connectivity index (χ4v) is 5.68. The average Bonchev–Trinajstić information content (AvgIpc) is 2.27. The zero-order chi connectivity index (χ0) is 11.9. The summed E-state index contributed by atoms with van der Waals surface area (Å²) in [4.78, 5) is 0. The first-order valence-corrected chi connectivity index (χ1v) is 7.47. The van der Waals surface area contributed by atoms with Crippen LogP contribution in [0.2, 0.25) is 0 Å². The van der Waals surface area contributed by atoms with Crippen molar-refractivity contribution in [2.24, 2.45) is 29.1 Å². The lowest BCUT2D eigenvalue weighted by Crippen LogP contribution is -2.49. The average molecular weight is 230 g/mol. The summed E-state index contributed by atoms with van der Waals surface area (Å²) in [5.41, 5.74) is 0.678. The summed E-state index contributed by atoms with van der Waals surface area (Å²) in [7, 11) is 0. The van der Waals surface area contributed by atoms with Crippen LogP contribution < -0.4 is 0 Å². The Hall–Kier alpha value is -0.520. The summed E-state index contributed by atoms with van der Waals surface area (Å²) in [6, 6.07) is 0. The topological polar surface area (TPSA) is 0 Å². The summed E-state index contributed by atoms with van der Waals surface area (Å²) < 4.78 is 0. The zero-order valence-electron chi connectivity index (χ0n) is 11.0. The molecule has 17 heavy (non-hydrogen) atoms. The molecule has 0 aliphatic heterocycles. The first-order valence-electron chi connectivity index (χ1n) is 7.47. The molecule has 0 nitrogen and oxygen atoms in total. The smallest absolute Gasteiger partial charge is 0.0255 e. The Labute approximate surface area is 106 Å². The van der Waals surface area contributed by atoms with Gasteiger partial charge in [0.2, 0.25) is 0 Å². The highest BCUT2D eigenvalue weighted by molar-refractivity contribution is 5.05. The van der Waals surface area contributed by atoms with Gasteiger partial charge in [-0.25, -0.2) is 0 Å². The Balaban J connectivity index is 1.83. The highest BCUT2D eigenvalue weighted by Crippen LogP contribution is 2.63. The van der Waals surface area contributed by atoms with E-state index >= 15 is 0 Å². The van der Waals surface area contributed by atoms with Gasteiger partial charge in [-0.1, -0.05) is 12.2 Å². The number of hydrogen-bond acceptors (Lipinski definition) is 0. The van der Waals surface area contributed by atoms with Gasteiger partial charge in [0.1, 0.15) is 0 Å². The van der Waals surface area contributed by atoms with E-state index in [9.17, 15) is 0 Å². The lowest BCUT2D eigenvalue weighted by Gasteiger charge is -2.59. The summed E-state index contributed by atoms with van der Waals surface area (Å²) in [6.45, 7) is 7.95. The number of hydrogen-bond donors (Lipinski definition) is 0. The molecular weight excluding hydrogens is 204 g/mol. The maximum absolute atomic E-state index is 3.98. The van der Waals surface area contributed by atoms with Crippen LogP contribution in [0.5, 0.6) is 0 Å². The maximum Gasteiger partial charge on any atom is -0.0255 e. The molecule has 4 fully saturated rings. The van der Waals surface area contributed by atoms with E-state index in [1.807, 2.05) is 0 Å². The molecular formula is C17H26. The Morgan fingerprint density at radius 2 is 1.29 bits per heavy atom. The standard InChI is InChI=1S/C17H26/c1-3-5-16(6-4-2)17-10-13-7-14(11-17)9-15(8-13)12-17/h3-4,13-16H,1-2,5-12H2. The fraction of sp³-hybridized carbons (Fsp3) is 0.765. The van der Waals surface area contributed by atoms with Gasteiger partial charge in [0.05, 0.1) is 0 Å². The molecule has 0 unspecified atom stereocenters. The fourth-order valence-electron chi connectivity index (χ4n) is 5.68. The van der Waals surface area contributed by atoms with Crippen molar-refractivity contribution in [2.75, 3.05) is 0 Å². The van der Waals surface area contributed by atoms with E-state index in [0.29, 0.717) is 5.41 Å². The highest BCUT2D eigenvalue weighted by Gasteiger charge is 2.53. The van der Waals surface area contributed by atoms with Gasteiger partial charge in [0, 0.05) is 0 Å². The monoisotopic (exact) mass is 230 g/mol. The van der Waals surface area contributed by atoms with Gasteiger partial charge < -0.3 is 0 Å². The second-order valence-electron chi connectivity index (χ2n) is 7.03. The van der Waals surface area contributed by atoms with Crippen LogP contribution in [-0.4, -0.2) is 0 Å². The second-order valence-corrected chi connectivity index (χ2v) is 7.03. The molecule has 4 rings (SSSR count). The van der Waals surface area contributed by atoms with Crippen LogP contribution in [0.1, 0.15) is 51.4 Å². The molecule has 0 amide bonds. The first-order chi connectivity index (χ1) is 8.25. The Kier molecular flexibility index (Phi) is 2.92. The number of rotatable bonds is 5. The van der Waals surface area contributed by atoms with Crippen molar-refractivity contribution < 1.29 is 0 Å². The Morgan fingerprint density at radius 3 is 1.65 bits per heavy atom. The van der Waals surface area contributed by atoms with Crippen LogP contribution >= 0.6 is 0 Å². The van der Waals surface area contributed by atoms with E-state index in [4.69, 9.17) is 0 Å². The van der Waals surface area contributed by atoms with Crippen molar-refractivity contribution in [1.29, 1.82) is 0 Å². The van der Waals surface area contributed by atoms with E-state index < -0.39 is 0 Å². The lowest BCUT2D eigenvalue weighted by molar-refractivity contribution is -0.0859. The summed E-state index contributed by atoms with van der Waals surface area (Å²) in [5.74, 6) is 4.04. The molecule has 0 radical (unpaired) electrons. The van der Waals surface area contributed by atoms with Gasteiger partial charge in [-0.05, 0) is 80.5 Å². The van der Waals surface area contributed by atoms with E-state index in [1.54, 1.807) is 19.3 Å². The molecule has 0 heterocycles. The third-order valence-electron chi connectivity index (χ3n) is 5.85. The SMILES string of the molecule is C=CCC(CC=C)C12CC3CC(CC(C3)C1)C2. The van der Waals surface area contributed by atoms with Gasteiger partial charge in [-0.3, -0.25) is 0 Å². The van der Waals surface area contributed by atoms with E-state index in [1.165, 1.54) is 32.1 Å². The lowest BCUT2D eigenvalue weighted by atomic mass is 9.46. The molecule has 4 aliphatic carbocycles. The maximum atomic E-state index is 3.98. The zero-order valence-corrected chi connectivity index (χ0v) is 11.0. The molecule has 0 aromatic rings. The minimum absolute atomic E-state index is 0.678. The van der Waals surface area contributed by atoms with Gasteiger partial charge in [0.25, 0.3) is 0 Å². The molecule has 4 aliphatic rings. The van der Waals surface area contributed by atoms with Gasteiger partial charge >= 0.3 is 0 Å². The minimum atomic E-state index is 0.678. The van der Waals surface area contributed by atoms with Crippen LogP contribution in [0, 0.1) is 29.1 Å². The summed E-state index contributed by atoms with van der Waals surface area (Å²) >= 11 is 0. The molecule has 0 spiro atoms. The summed E-state index contributed by atoms with van der Waals surface area (Å²) in [5, 5.41) is 0. The molecule has 0 N–H and O–H groups in total. The molecule has 0 aromatic heterocycles. The van der Waals surface area contributed by atoms with E-state index in [-0.39, 0.29) is 0 Å². The van der Waals surface area contributed by atoms with Crippen molar-refractivity contribution in [3.63, 3.8) is 0 Å². The Bertz CT molecular complexity index is 267. The van der Waals surface area contributed by atoms with Crippen molar-refractivity contribution in [3.05, 3.63) is 25.3 Å². The highest BCUT2D eigenvalue weighted by atomic mass is 14.6. The Morgan fingerprint density at radius 1 is 0.882 bits per heavy atom. The predicted molar refractivity (Wildman–Crippen MR) is 73.7 cm³/mol. The summed E-state index contributed by atoms with van der Waals surface area (Å²) in [6.07, 6.45) is 15.9. The second kappa shape index (κ2) is 4.30. The van der Waals surface area contributed by atoms with E-state index in [2.05, 4.69) is 25.3 Å². The van der Waals surface area contributed by atoms with Crippen molar-refractivity contribution in [1.82, 2.24) is 0 Å². The van der Waals surface area contributed by atoms with Crippen LogP contribution in [0.25, 0.3) is 0 Å². The third-order valence-corrected chi connectivity index (χ3v) is 5.85. The van der Waals surface area contributed by atoms with Crippen molar-refractivity contribution in [2.45, 2.75) is 51.4 Å². The molecule has 0 atom stereocenters. The number of allylic oxidation sites excluding steroid dienone is 2. The molecule has 4 bridgehead atoms. The quantitative estimate of drug-likeness (QED) is 0.585. The largest absolute Gasteiger partial charge is 0.103 e. The van der Waals surface area contributed by atoms with Gasteiger partial charge in [-0.2, -0.15) is 0 Å². The van der Waals surface area contributed by atoms with Crippen molar-refractivity contribution in [3.8, 4) is 0 Å². The van der Waals surface area contributed by atoms with Crippen LogP contribution in [-0.2, 0) is 0 Å². The first kappa shape index (κ1) is 11.6. The third kappa shape index (κ3) is 1.90. The van der Waals surface area contributed by atoms with E-state index in [0.717, 1.165) is 23.7 Å². The predicted octanol–water partition coefficient (Wildman–Crippen LogP) is 4.97. The molecule has 0 aromatic carbocycles. The van der Waals surface area contributed by atoms with Crippen LogP contribution in [0.4, 0.5) is 0 Å². The molecule has 0 heteroatoms.